The lowest BCUT2D eigenvalue weighted by molar-refractivity contribution is -0.114. The van der Waals surface area contributed by atoms with Gasteiger partial charge in [0.1, 0.15) is 5.75 Å². The summed E-state index contributed by atoms with van der Waals surface area (Å²) in [5.74, 6) is -0.122. The quantitative estimate of drug-likeness (QED) is 0.681. The summed E-state index contributed by atoms with van der Waals surface area (Å²) in [6.07, 6.45) is 0. The number of carbonyl (C=O) groups is 2. The highest BCUT2D eigenvalue weighted by Gasteiger charge is 2.09. The molecule has 0 fully saturated rings. The van der Waals surface area contributed by atoms with Crippen molar-refractivity contribution < 1.29 is 14.3 Å². The molecule has 0 aliphatic rings. The van der Waals surface area contributed by atoms with Crippen LogP contribution in [0.15, 0.2) is 48.5 Å². The van der Waals surface area contributed by atoms with Gasteiger partial charge in [0.25, 0.3) is 0 Å². The predicted molar refractivity (Wildman–Crippen MR) is 89.5 cm³/mol. The maximum absolute atomic E-state index is 12.1. The first kappa shape index (κ1) is 16.7. The average molecular weight is 312 g/mol. The molecule has 5 nitrogen and oxygen atoms in total. The van der Waals surface area contributed by atoms with E-state index in [1.807, 2.05) is 26.2 Å². The van der Waals surface area contributed by atoms with Crippen molar-refractivity contribution in [2.24, 2.45) is 0 Å². The van der Waals surface area contributed by atoms with E-state index in [2.05, 4.69) is 10.2 Å². The van der Waals surface area contributed by atoms with E-state index in [-0.39, 0.29) is 5.91 Å². The minimum atomic E-state index is -0.409. The minimum Gasteiger partial charge on any atom is -0.423 e. The van der Waals surface area contributed by atoms with E-state index < -0.39 is 5.97 Å². The summed E-state index contributed by atoms with van der Waals surface area (Å²) in [6.45, 7) is 2.26. The van der Waals surface area contributed by atoms with Crippen LogP contribution in [0, 0.1) is 0 Å². The zero-order chi connectivity index (χ0) is 16.8. The lowest BCUT2D eigenvalue weighted by Gasteiger charge is -2.10. The molecule has 0 aliphatic heterocycles. The van der Waals surface area contributed by atoms with Crippen LogP contribution in [0.4, 0.5) is 5.69 Å². The Hall–Kier alpha value is -2.66. The highest BCUT2D eigenvalue weighted by Crippen LogP contribution is 2.17. The van der Waals surface area contributed by atoms with Crippen molar-refractivity contribution in [2.45, 2.75) is 13.5 Å². The molecule has 0 saturated carbocycles. The molecule has 2 rings (SSSR count). The van der Waals surface area contributed by atoms with Gasteiger partial charge in [0, 0.05) is 19.2 Å². The molecule has 0 heterocycles. The normalized spacial score (nSPS) is 10.4. The molecule has 5 heteroatoms. The van der Waals surface area contributed by atoms with Crippen LogP contribution in [-0.2, 0) is 11.3 Å². The Kier molecular flexibility index (Phi) is 5.49. The number of nitrogens with one attached hydrogen (secondary N) is 1. The Morgan fingerprint density at radius 3 is 2.13 bits per heavy atom. The van der Waals surface area contributed by atoms with Gasteiger partial charge in [-0.1, -0.05) is 12.1 Å². The molecule has 1 amide bonds. The standard InChI is InChI=1S/C18H20N2O3/c1-13(21)19-16-8-10-17(11-9-16)23-18(22)15-6-4-14(5-7-15)12-20(2)3/h4-11H,12H2,1-3H3,(H,19,21). The molecule has 23 heavy (non-hydrogen) atoms. The molecule has 0 atom stereocenters. The molecule has 2 aromatic rings. The third-order valence-electron chi connectivity index (χ3n) is 3.07. The van der Waals surface area contributed by atoms with Crippen LogP contribution in [0.1, 0.15) is 22.8 Å². The van der Waals surface area contributed by atoms with Gasteiger partial charge in [0.05, 0.1) is 5.56 Å². The Labute approximate surface area is 135 Å². The van der Waals surface area contributed by atoms with Gasteiger partial charge >= 0.3 is 5.97 Å². The Morgan fingerprint density at radius 2 is 1.61 bits per heavy atom. The van der Waals surface area contributed by atoms with Crippen LogP contribution in [0.2, 0.25) is 0 Å². The number of benzene rings is 2. The zero-order valence-electron chi connectivity index (χ0n) is 13.5. The molecule has 0 unspecified atom stereocenters. The van der Waals surface area contributed by atoms with Crippen LogP contribution >= 0.6 is 0 Å². The largest absolute Gasteiger partial charge is 0.423 e. The zero-order valence-corrected chi connectivity index (χ0v) is 13.5. The highest BCUT2D eigenvalue weighted by molar-refractivity contribution is 5.91. The lowest BCUT2D eigenvalue weighted by atomic mass is 10.1. The summed E-state index contributed by atoms with van der Waals surface area (Å²) in [5, 5.41) is 2.66. The summed E-state index contributed by atoms with van der Waals surface area (Å²) >= 11 is 0. The molecular weight excluding hydrogens is 292 g/mol. The van der Waals surface area contributed by atoms with Crippen LogP contribution in [-0.4, -0.2) is 30.9 Å². The fraction of sp³-hybridized carbons (Fsp3) is 0.222. The van der Waals surface area contributed by atoms with E-state index in [9.17, 15) is 9.59 Å². The number of amides is 1. The van der Waals surface area contributed by atoms with Gasteiger partial charge < -0.3 is 15.0 Å². The lowest BCUT2D eigenvalue weighted by Crippen LogP contribution is -2.12. The highest BCUT2D eigenvalue weighted by atomic mass is 16.5. The van der Waals surface area contributed by atoms with Crippen molar-refractivity contribution in [2.75, 3.05) is 19.4 Å². The van der Waals surface area contributed by atoms with Gasteiger partial charge in [-0.05, 0) is 56.1 Å². The molecular formula is C18H20N2O3. The first-order chi connectivity index (χ1) is 10.9. The number of anilines is 1. The number of esters is 1. The monoisotopic (exact) mass is 312 g/mol. The van der Waals surface area contributed by atoms with Gasteiger partial charge in [-0.25, -0.2) is 4.79 Å². The van der Waals surface area contributed by atoms with Gasteiger partial charge in [0.15, 0.2) is 0 Å². The van der Waals surface area contributed by atoms with Gasteiger partial charge in [-0.2, -0.15) is 0 Å². The van der Waals surface area contributed by atoms with E-state index in [0.717, 1.165) is 12.1 Å². The number of nitrogens with zero attached hydrogens (tertiary/aromatic N) is 1. The van der Waals surface area contributed by atoms with Crippen LogP contribution in [0.25, 0.3) is 0 Å². The van der Waals surface area contributed by atoms with Crippen LogP contribution < -0.4 is 10.1 Å². The van der Waals surface area contributed by atoms with Crippen molar-refractivity contribution >= 4 is 17.6 Å². The van der Waals surface area contributed by atoms with E-state index in [4.69, 9.17) is 4.74 Å². The molecule has 0 saturated heterocycles. The second-order valence-corrected chi connectivity index (χ2v) is 5.53. The molecule has 0 spiro atoms. The maximum Gasteiger partial charge on any atom is 0.343 e. The second-order valence-electron chi connectivity index (χ2n) is 5.53. The SMILES string of the molecule is CC(=O)Nc1ccc(OC(=O)c2ccc(CN(C)C)cc2)cc1. The topological polar surface area (TPSA) is 58.6 Å². The fourth-order valence-corrected chi connectivity index (χ4v) is 2.09. The summed E-state index contributed by atoms with van der Waals surface area (Å²) in [4.78, 5) is 25.1. The number of hydrogen-bond donors (Lipinski definition) is 1. The molecule has 0 aromatic heterocycles. The predicted octanol–water partition coefficient (Wildman–Crippen LogP) is 2.93. The Bertz CT molecular complexity index is 676. The summed E-state index contributed by atoms with van der Waals surface area (Å²) in [6, 6.07) is 14.0. The van der Waals surface area contributed by atoms with Crippen molar-refractivity contribution in [3.8, 4) is 5.75 Å². The molecule has 0 bridgehead atoms. The van der Waals surface area contributed by atoms with Crippen molar-refractivity contribution in [3.05, 3.63) is 59.7 Å². The number of carbonyl (C=O) groups excluding carboxylic acids is 2. The van der Waals surface area contributed by atoms with E-state index in [1.165, 1.54) is 6.92 Å². The third kappa shape index (κ3) is 5.23. The van der Waals surface area contributed by atoms with E-state index in [1.54, 1.807) is 36.4 Å². The molecule has 120 valence electrons. The van der Waals surface area contributed by atoms with Crippen LogP contribution in [0.3, 0.4) is 0 Å². The molecule has 1 N–H and O–H groups in total. The Balaban J connectivity index is 1.99. The van der Waals surface area contributed by atoms with Crippen molar-refractivity contribution in [1.29, 1.82) is 0 Å². The smallest absolute Gasteiger partial charge is 0.343 e. The number of hydrogen-bond acceptors (Lipinski definition) is 4. The molecule has 0 aliphatic carbocycles. The first-order valence-electron chi connectivity index (χ1n) is 7.27. The fourth-order valence-electron chi connectivity index (χ4n) is 2.09. The third-order valence-corrected chi connectivity index (χ3v) is 3.07. The average Bonchev–Trinajstić information content (AvgIpc) is 2.49. The minimum absolute atomic E-state index is 0.146. The summed E-state index contributed by atoms with van der Waals surface area (Å²) in [5.41, 5.74) is 2.29. The van der Waals surface area contributed by atoms with Gasteiger partial charge in [0.2, 0.25) is 5.91 Å². The van der Waals surface area contributed by atoms with Crippen LogP contribution in [0.5, 0.6) is 5.75 Å². The van der Waals surface area contributed by atoms with Gasteiger partial charge in [-0.3, -0.25) is 4.79 Å². The molecule has 2 aromatic carbocycles. The van der Waals surface area contributed by atoms with E-state index in [0.29, 0.717) is 17.0 Å². The summed E-state index contributed by atoms with van der Waals surface area (Å²) in [7, 11) is 3.99. The van der Waals surface area contributed by atoms with Gasteiger partial charge in [-0.15, -0.1) is 0 Å². The first-order valence-corrected chi connectivity index (χ1v) is 7.27. The Morgan fingerprint density at radius 1 is 1.00 bits per heavy atom. The number of ether oxygens (including phenoxy) is 1. The van der Waals surface area contributed by atoms with Crippen molar-refractivity contribution in [1.82, 2.24) is 4.90 Å². The number of rotatable bonds is 5. The maximum atomic E-state index is 12.1. The summed E-state index contributed by atoms with van der Waals surface area (Å²) < 4.78 is 5.32. The molecule has 0 radical (unpaired) electrons. The van der Waals surface area contributed by atoms with E-state index >= 15 is 0 Å². The van der Waals surface area contributed by atoms with Crippen molar-refractivity contribution in [3.63, 3.8) is 0 Å². The second kappa shape index (κ2) is 7.56.